The number of anilines is 2. The molecule has 11 heteroatoms. The lowest BCUT2D eigenvalue weighted by molar-refractivity contribution is -0.117. The van der Waals surface area contributed by atoms with Gasteiger partial charge in [-0.2, -0.15) is 4.31 Å². The zero-order chi connectivity index (χ0) is 24.9. The van der Waals surface area contributed by atoms with Crippen LogP contribution < -0.4 is 9.62 Å². The van der Waals surface area contributed by atoms with Crippen molar-refractivity contribution in [1.82, 2.24) is 4.31 Å². The maximum Gasteiger partial charge on any atom is 0.248 e. The van der Waals surface area contributed by atoms with Gasteiger partial charge >= 0.3 is 0 Å². The van der Waals surface area contributed by atoms with Gasteiger partial charge in [-0.05, 0) is 67.8 Å². The molecule has 1 atom stereocenters. The molecule has 3 rings (SSSR count). The van der Waals surface area contributed by atoms with Gasteiger partial charge in [-0.25, -0.2) is 21.2 Å². The maximum absolute atomic E-state index is 13.3. The van der Waals surface area contributed by atoms with Crippen LogP contribution >= 0.6 is 0 Å². The summed E-state index contributed by atoms with van der Waals surface area (Å²) < 4.78 is 66.7. The number of nitrogens with zero attached hydrogens (tertiary/aromatic N) is 2. The van der Waals surface area contributed by atoms with Crippen molar-refractivity contribution in [3.05, 3.63) is 54.3 Å². The number of nitrogens with one attached hydrogen (secondary N) is 1. The van der Waals surface area contributed by atoms with Crippen LogP contribution in [0.25, 0.3) is 0 Å². The Morgan fingerprint density at radius 2 is 1.53 bits per heavy atom. The normalized spacial score (nSPS) is 16.4. The largest absolute Gasteiger partial charge is 0.324 e. The summed E-state index contributed by atoms with van der Waals surface area (Å²) in [6, 6.07) is 9.61. The van der Waals surface area contributed by atoms with Gasteiger partial charge in [0.15, 0.2) is 0 Å². The zero-order valence-electron chi connectivity index (χ0n) is 19.3. The van der Waals surface area contributed by atoms with Gasteiger partial charge in [-0.3, -0.25) is 9.10 Å². The molecule has 0 bridgehead atoms. The third kappa shape index (κ3) is 6.13. The van der Waals surface area contributed by atoms with Crippen LogP contribution in [-0.4, -0.2) is 52.4 Å². The lowest BCUT2D eigenvalue weighted by atomic mass is 10.2. The minimum atomic E-state index is -3.86. The smallest absolute Gasteiger partial charge is 0.248 e. The minimum Gasteiger partial charge on any atom is -0.324 e. The Balaban J connectivity index is 1.79. The molecule has 0 aliphatic carbocycles. The molecule has 1 fully saturated rings. The first-order valence-corrected chi connectivity index (χ1v) is 14.5. The van der Waals surface area contributed by atoms with E-state index in [1.165, 1.54) is 40.7 Å². The first kappa shape index (κ1) is 26.1. The molecule has 2 aromatic carbocycles. The first-order chi connectivity index (χ1) is 16.0. The number of carbonyl (C=O) groups excluding carboxylic acids is 1. The van der Waals surface area contributed by atoms with Gasteiger partial charge in [0.2, 0.25) is 26.0 Å². The van der Waals surface area contributed by atoms with Gasteiger partial charge in [-0.1, -0.05) is 19.8 Å². The molecule has 0 saturated carbocycles. The van der Waals surface area contributed by atoms with E-state index in [0.29, 0.717) is 18.8 Å². The second-order valence-electron chi connectivity index (χ2n) is 8.29. The molecular weight excluding hydrogens is 481 g/mol. The Morgan fingerprint density at radius 3 is 2.03 bits per heavy atom. The molecule has 1 N–H and O–H groups in total. The Morgan fingerprint density at radius 1 is 0.971 bits per heavy atom. The molecule has 1 saturated heterocycles. The number of carbonyl (C=O) groups is 1. The number of sulfonamides is 2. The van der Waals surface area contributed by atoms with Gasteiger partial charge in [0.1, 0.15) is 11.9 Å². The Labute approximate surface area is 200 Å². The average molecular weight is 512 g/mol. The van der Waals surface area contributed by atoms with Crippen molar-refractivity contribution in [1.29, 1.82) is 0 Å². The predicted molar refractivity (Wildman–Crippen MR) is 130 cm³/mol. The van der Waals surface area contributed by atoms with Crippen LogP contribution in [0.2, 0.25) is 0 Å². The molecule has 1 heterocycles. The Hall–Kier alpha value is -2.50. The van der Waals surface area contributed by atoms with Crippen molar-refractivity contribution in [2.24, 2.45) is 0 Å². The Kier molecular flexibility index (Phi) is 8.32. The number of halogens is 1. The molecule has 0 aromatic heterocycles. The van der Waals surface area contributed by atoms with E-state index in [0.717, 1.165) is 48.4 Å². The van der Waals surface area contributed by atoms with Gasteiger partial charge in [0.25, 0.3) is 0 Å². The molecule has 8 nitrogen and oxygen atoms in total. The van der Waals surface area contributed by atoms with E-state index in [9.17, 15) is 26.0 Å². The second kappa shape index (κ2) is 10.8. The number of amides is 1. The summed E-state index contributed by atoms with van der Waals surface area (Å²) in [6.07, 6.45) is 4.83. The van der Waals surface area contributed by atoms with Crippen LogP contribution in [0.1, 0.15) is 39.0 Å². The maximum atomic E-state index is 13.3. The highest BCUT2D eigenvalue weighted by Gasteiger charge is 2.32. The molecule has 2 aromatic rings. The summed E-state index contributed by atoms with van der Waals surface area (Å²) >= 11 is 0. The van der Waals surface area contributed by atoms with E-state index < -0.39 is 37.8 Å². The van der Waals surface area contributed by atoms with Crippen molar-refractivity contribution in [3.8, 4) is 0 Å². The molecule has 1 aliphatic rings. The fourth-order valence-electron chi connectivity index (χ4n) is 4.02. The van der Waals surface area contributed by atoms with E-state index in [1.54, 1.807) is 6.92 Å². The topological polar surface area (TPSA) is 104 Å². The summed E-state index contributed by atoms with van der Waals surface area (Å²) in [5.41, 5.74) is 0.510. The molecule has 0 radical (unpaired) electrons. The molecular formula is C23H30FN3O5S2. The van der Waals surface area contributed by atoms with Crippen molar-refractivity contribution in [3.63, 3.8) is 0 Å². The predicted octanol–water partition coefficient (Wildman–Crippen LogP) is 3.57. The van der Waals surface area contributed by atoms with Crippen LogP contribution in [-0.2, 0) is 24.8 Å². The fourth-order valence-corrected chi connectivity index (χ4v) is 6.74. The van der Waals surface area contributed by atoms with Crippen LogP contribution in [0.3, 0.4) is 0 Å². The minimum absolute atomic E-state index is 0.142. The summed E-state index contributed by atoms with van der Waals surface area (Å²) in [7, 11) is -7.48. The van der Waals surface area contributed by atoms with E-state index >= 15 is 0 Å². The van der Waals surface area contributed by atoms with Crippen molar-refractivity contribution >= 4 is 37.3 Å². The fraction of sp³-hybridized carbons (Fsp3) is 0.435. The second-order valence-corrected chi connectivity index (χ2v) is 12.1. The van der Waals surface area contributed by atoms with Crippen molar-refractivity contribution < 1.29 is 26.0 Å². The monoisotopic (exact) mass is 511 g/mol. The first-order valence-electron chi connectivity index (χ1n) is 11.2. The van der Waals surface area contributed by atoms with E-state index in [4.69, 9.17) is 0 Å². The number of hydrogen-bond acceptors (Lipinski definition) is 5. The highest BCUT2D eigenvalue weighted by Crippen LogP contribution is 2.25. The van der Waals surface area contributed by atoms with E-state index in [-0.39, 0.29) is 17.0 Å². The quantitative estimate of drug-likeness (QED) is 0.584. The average Bonchev–Trinajstić information content (AvgIpc) is 3.08. The highest BCUT2D eigenvalue weighted by molar-refractivity contribution is 7.92. The van der Waals surface area contributed by atoms with Crippen LogP contribution in [0.4, 0.5) is 15.8 Å². The summed E-state index contributed by atoms with van der Waals surface area (Å²) in [5, 5.41) is 2.67. The summed E-state index contributed by atoms with van der Waals surface area (Å²) in [6.45, 7) is 2.65. The number of hydrogen-bond donors (Lipinski definition) is 1. The number of rotatable bonds is 8. The van der Waals surface area contributed by atoms with E-state index in [2.05, 4.69) is 5.32 Å². The van der Waals surface area contributed by atoms with E-state index in [1.807, 2.05) is 0 Å². The van der Waals surface area contributed by atoms with Crippen molar-refractivity contribution in [2.75, 3.05) is 29.0 Å². The SMILES string of the molecule is CC[C@@H](C(=O)Nc1ccc(S(=O)(=O)N2CCCCCC2)cc1)N(c1ccc(F)cc1)S(C)(=O)=O. The van der Waals surface area contributed by atoms with Crippen LogP contribution in [0, 0.1) is 5.82 Å². The molecule has 0 unspecified atom stereocenters. The van der Waals surface area contributed by atoms with Crippen molar-refractivity contribution in [2.45, 2.75) is 50.0 Å². The van der Waals surface area contributed by atoms with Gasteiger partial charge in [0.05, 0.1) is 16.8 Å². The summed E-state index contributed by atoms with van der Waals surface area (Å²) in [4.78, 5) is 13.2. The molecule has 1 amide bonds. The number of benzene rings is 2. The van der Waals surface area contributed by atoms with Gasteiger partial charge in [0, 0.05) is 18.8 Å². The van der Waals surface area contributed by atoms with Crippen LogP contribution in [0.5, 0.6) is 0 Å². The standard InChI is InChI=1S/C23H30FN3O5S2/c1-3-22(27(33(2,29)30)20-12-8-18(24)9-13-20)23(28)25-19-10-14-21(15-11-19)34(31,32)26-16-6-4-5-7-17-26/h8-15,22H,3-7,16-17H2,1-2H3,(H,25,28)/t22-/m0/s1. The van der Waals surface area contributed by atoms with Gasteiger partial charge < -0.3 is 5.32 Å². The molecule has 186 valence electrons. The van der Waals surface area contributed by atoms with Crippen LogP contribution in [0.15, 0.2) is 53.4 Å². The molecule has 0 spiro atoms. The summed E-state index contributed by atoms with van der Waals surface area (Å²) in [5.74, 6) is -1.11. The third-order valence-corrected chi connectivity index (χ3v) is 8.83. The Bertz CT molecular complexity index is 1190. The van der Waals surface area contributed by atoms with Gasteiger partial charge in [-0.15, -0.1) is 0 Å². The molecule has 34 heavy (non-hydrogen) atoms. The zero-order valence-corrected chi connectivity index (χ0v) is 20.9. The lowest BCUT2D eigenvalue weighted by Gasteiger charge is -2.30. The lowest BCUT2D eigenvalue weighted by Crippen LogP contribution is -2.47. The molecule has 1 aliphatic heterocycles. The third-order valence-electron chi connectivity index (χ3n) is 5.74. The highest BCUT2D eigenvalue weighted by atomic mass is 32.2.